The Morgan fingerprint density at radius 1 is 1.06 bits per heavy atom. The molecule has 0 spiro atoms. The number of aromatic nitrogens is 1. The molecule has 6 nitrogen and oxygen atoms in total. The normalized spacial score (nSPS) is 14.9. The molecule has 2 heterocycles. The van der Waals surface area contributed by atoms with Crippen molar-refractivity contribution in [3.63, 3.8) is 0 Å². The summed E-state index contributed by atoms with van der Waals surface area (Å²) in [5.41, 5.74) is 2.38. The Kier molecular flexibility index (Phi) is 7.25. The Hall–Kier alpha value is -2.26. The van der Waals surface area contributed by atoms with E-state index >= 15 is 0 Å². The van der Waals surface area contributed by atoms with E-state index in [-0.39, 0.29) is 12.3 Å². The van der Waals surface area contributed by atoms with Gasteiger partial charge in [0.15, 0.2) is 0 Å². The molecule has 1 amide bonds. The number of carbonyl (C=O) groups excluding carboxylic acids is 1. The molecule has 32 heavy (non-hydrogen) atoms. The van der Waals surface area contributed by atoms with Gasteiger partial charge in [-0.1, -0.05) is 48.4 Å². The molecule has 0 saturated carbocycles. The van der Waals surface area contributed by atoms with Gasteiger partial charge in [-0.15, -0.1) is 11.3 Å². The minimum atomic E-state index is -3.45. The van der Waals surface area contributed by atoms with Gasteiger partial charge >= 0.3 is 0 Å². The highest BCUT2D eigenvalue weighted by atomic mass is 35.5. The lowest BCUT2D eigenvalue weighted by molar-refractivity contribution is -0.120. The van der Waals surface area contributed by atoms with E-state index in [1.165, 1.54) is 11.3 Å². The van der Waals surface area contributed by atoms with Gasteiger partial charge in [-0.05, 0) is 36.6 Å². The third kappa shape index (κ3) is 5.38. The summed E-state index contributed by atoms with van der Waals surface area (Å²) in [6.07, 6.45) is 3.06. The maximum atomic E-state index is 12.7. The van der Waals surface area contributed by atoms with E-state index < -0.39 is 10.0 Å². The first kappa shape index (κ1) is 22.9. The van der Waals surface area contributed by atoms with Gasteiger partial charge in [0.05, 0.1) is 22.0 Å². The van der Waals surface area contributed by atoms with Crippen molar-refractivity contribution in [2.75, 3.05) is 13.1 Å². The summed E-state index contributed by atoms with van der Waals surface area (Å²) in [5, 5.41) is 6.14. The summed E-state index contributed by atoms with van der Waals surface area (Å²) in [5.74, 6) is -0.147. The number of carbonyl (C=O) groups is 1. The first-order valence-electron chi connectivity index (χ1n) is 10.5. The topological polar surface area (TPSA) is 79.4 Å². The Balaban J connectivity index is 1.32. The first-order chi connectivity index (χ1) is 15.4. The number of piperidine rings is 1. The molecular weight excluding hydrogens is 466 g/mol. The second kappa shape index (κ2) is 10.1. The van der Waals surface area contributed by atoms with E-state index in [1.807, 2.05) is 29.6 Å². The molecule has 1 saturated heterocycles. The zero-order valence-corrected chi connectivity index (χ0v) is 19.8. The quantitative estimate of drug-likeness (QED) is 0.530. The number of amides is 1. The number of sulfonamides is 1. The molecule has 168 valence electrons. The van der Waals surface area contributed by atoms with Crippen molar-refractivity contribution in [2.24, 2.45) is 0 Å². The Morgan fingerprint density at radius 3 is 2.50 bits per heavy atom. The molecule has 0 bridgehead atoms. The van der Waals surface area contributed by atoms with E-state index in [2.05, 4.69) is 10.3 Å². The summed E-state index contributed by atoms with van der Waals surface area (Å²) < 4.78 is 27.0. The van der Waals surface area contributed by atoms with Crippen LogP contribution in [-0.2, 0) is 27.8 Å². The Morgan fingerprint density at radius 2 is 1.78 bits per heavy atom. The molecule has 4 rings (SSSR count). The fourth-order valence-corrected chi connectivity index (χ4v) is 6.26. The standard InChI is InChI=1S/C23H24ClN3O3S2/c24-21-7-3-2-6-20(21)23-26-18(16-31-23)14-22(28)25-15-17-8-10-19(11-9-17)32(29,30)27-12-4-1-5-13-27/h2-3,6-11,16H,1,4-5,12-15H2,(H,25,28). The number of halogens is 1. The van der Waals surface area contributed by atoms with E-state index in [9.17, 15) is 13.2 Å². The van der Waals surface area contributed by atoms with Gasteiger partial charge in [0.2, 0.25) is 15.9 Å². The molecule has 2 aromatic carbocycles. The van der Waals surface area contributed by atoms with Gasteiger partial charge in [-0.3, -0.25) is 4.79 Å². The van der Waals surface area contributed by atoms with Crippen molar-refractivity contribution in [2.45, 2.75) is 37.1 Å². The van der Waals surface area contributed by atoms with Crippen LogP contribution >= 0.6 is 22.9 Å². The number of nitrogens with one attached hydrogen (secondary N) is 1. The number of thiazole rings is 1. The average molecular weight is 490 g/mol. The van der Waals surface area contributed by atoms with Crippen LogP contribution in [0.3, 0.4) is 0 Å². The fraction of sp³-hybridized carbons (Fsp3) is 0.304. The van der Waals surface area contributed by atoms with Gasteiger partial charge in [-0.25, -0.2) is 13.4 Å². The van der Waals surface area contributed by atoms with Crippen molar-refractivity contribution in [3.05, 3.63) is 70.2 Å². The lowest BCUT2D eigenvalue weighted by Gasteiger charge is -2.25. The molecule has 1 N–H and O–H groups in total. The second-order valence-corrected chi connectivity index (χ2v) is 10.9. The van der Waals surface area contributed by atoms with Crippen molar-refractivity contribution in [1.29, 1.82) is 0 Å². The Labute approximate surface area is 197 Å². The van der Waals surface area contributed by atoms with Crippen LogP contribution in [-0.4, -0.2) is 36.7 Å². The largest absolute Gasteiger partial charge is 0.352 e. The second-order valence-electron chi connectivity index (χ2n) is 7.69. The van der Waals surface area contributed by atoms with E-state index in [4.69, 9.17) is 11.6 Å². The molecule has 0 unspecified atom stereocenters. The number of benzene rings is 2. The average Bonchev–Trinajstić information content (AvgIpc) is 3.27. The minimum absolute atomic E-state index is 0.147. The van der Waals surface area contributed by atoms with Crippen LogP contribution in [0.25, 0.3) is 10.6 Å². The molecule has 1 aromatic heterocycles. The number of rotatable bonds is 7. The highest BCUT2D eigenvalue weighted by Gasteiger charge is 2.25. The van der Waals surface area contributed by atoms with E-state index in [1.54, 1.807) is 28.6 Å². The first-order valence-corrected chi connectivity index (χ1v) is 13.2. The van der Waals surface area contributed by atoms with Crippen LogP contribution in [0, 0.1) is 0 Å². The maximum Gasteiger partial charge on any atom is 0.243 e. The maximum absolute atomic E-state index is 12.7. The molecule has 1 aliphatic rings. The fourth-order valence-electron chi connectivity index (χ4n) is 3.61. The zero-order chi connectivity index (χ0) is 22.6. The monoisotopic (exact) mass is 489 g/mol. The lowest BCUT2D eigenvalue weighted by atomic mass is 10.2. The molecule has 1 fully saturated rings. The minimum Gasteiger partial charge on any atom is -0.352 e. The van der Waals surface area contributed by atoms with Gasteiger partial charge in [-0.2, -0.15) is 4.31 Å². The highest BCUT2D eigenvalue weighted by Crippen LogP contribution is 2.30. The summed E-state index contributed by atoms with van der Waals surface area (Å²) in [7, 11) is -3.45. The third-order valence-corrected chi connectivity index (χ3v) is 8.53. The summed E-state index contributed by atoms with van der Waals surface area (Å²) in [6, 6.07) is 14.2. The predicted octanol–water partition coefficient (Wildman–Crippen LogP) is 4.50. The van der Waals surface area contributed by atoms with E-state index in [0.29, 0.717) is 35.2 Å². The molecule has 1 aliphatic heterocycles. The van der Waals surface area contributed by atoms with Gasteiger partial charge in [0, 0.05) is 30.6 Å². The van der Waals surface area contributed by atoms with Crippen LogP contribution < -0.4 is 5.32 Å². The predicted molar refractivity (Wildman–Crippen MR) is 127 cm³/mol. The summed E-state index contributed by atoms with van der Waals surface area (Å²) in [6.45, 7) is 1.48. The smallest absolute Gasteiger partial charge is 0.243 e. The SMILES string of the molecule is O=C(Cc1csc(-c2ccccc2Cl)n1)NCc1ccc(S(=O)(=O)N2CCCCC2)cc1. The molecule has 0 aliphatic carbocycles. The molecule has 9 heteroatoms. The van der Waals surface area contributed by atoms with Crippen molar-refractivity contribution < 1.29 is 13.2 Å². The highest BCUT2D eigenvalue weighted by molar-refractivity contribution is 7.89. The molecule has 0 radical (unpaired) electrons. The van der Waals surface area contributed by atoms with Crippen molar-refractivity contribution in [3.8, 4) is 10.6 Å². The summed E-state index contributed by atoms with van der Waals surface area (Å²) in [4.78, 5) is 17.2. The Bertz CT molecular complexity index is 1190. The van der Waals surface area contributed by atoms with Gasteiger partial charge in [0.1, 0.15) is 5.01 Å². The number of nitrogens with zero attached hydrogens (tertiary/aromatic N) is 2. The van der Waals surface area contributed by atoms with Gasteiger partial charge in [0.25, 0.3) is 0 Å². The van der Waals surface area contributed by atoms with Crippen molar-refractivity contribution in [1.82, 2.24) is 14.6 Å². The van der Waals surface area contributed by atoms with Crippen LogP contribution in [0.5, 0.6) is 0 Å². The lowest BCUT2D eigenvalue weighted by Crippen LogP contribution is -2.35. The van der Waals surface area contributed by atoms with Crippen LogP contribution in [0.1, 0.15) is 30.5 Å². The summed E-state index contributed by atoms with van der Waals surface area (Å²) >= 11 is 7.67. The number of hydrogen-bond acceptors (Lipinski definition) is 5. The molecular formula is C23H24ClN3O3S2. The zero-order valence-electron chi connectivity index (χ0n) is 17.5. The van der Waals surface area contributed by atoms with Crippen molar-refractivity contribution >= 4 is 38.9 Å². The van der Waals surface area contributed by atoms with Crippen LogP contribution in [0.4, 0.5) is 0 Å². The molecule has 3 aromatic rings. The van der Waals surface area contributed by atoms with Crippen LogP contribution in [0.2, 0.25) is 5.02 Å². The third-order valence-electron chi connectivity index (χ3n) is 5.36. The van der Waals surface area contributed by atoms with Crippen LogP contribution in [0.15, 0.2) is 58.8 Å². The van der Waals surface area contributed by atoms with Gasteiger partial charge < -0.3 is 5.32 Å². The molecule has 0 atom stereocenters. The van der Waals surface area contributed by atoms with E-state index in [0.717, 1.165) is 35.4 Å². The number of hydrogen-bond donors (Lipinski definition) is 1.